The molecule has 3 rings (SSSR count). The number of allylic oxidation sites excluding steroid dienone is 1. The zero-order valence-corrected chi connectivity index (χ0v) is 16.7. The van der Waals surface area contributed by atoms with E-state index in [1.807, 2.05) is 51.1 Å². The average molecular weight is 384 g/mol. The van der Waals surface area contributed by atoms with Crippen LogP contribution in [0.4, 0.5) is 0 Å². The Hall–Kier alpha value is -2.24. The summed E-state index contributed by atoms with van der Waals surface area (Å²) in [4.78, 5) is 13.1. The van der Waals surface area contributed by atoms with Crippen molar-refractivity contribution in [3.8, 4) is 0 Å². The van der Waals surface area contributed by atoms with Gasteiger partial charge in [0, 0.05) is 12.0 Å². The largest absolute Gasteiger partial charge is 0.294 e. The molecule has 142 valence electrons. The van der Waals surface area contributed by atoms with E-state index in [2.05, 4.69) is 4.72 Å². The molecule has 0 aromatic heterocycles. The van der Waals surface area contributed by atoms with Crippen LogP contribution in [0.15, 0.2) is 65.1 Å². The Balaban J connectivity index is 1.94. The number of nitrogens with one attached hydrogen (secondary N) is 1. The molecule has 1 aliphatic carbocycles. The number of benzene rings is 2. The number of hydrogen-bond donors (Lipinski definition) is 1. The zero-order chi connectivity index (χ0) is 19.6. The van der Waals surface area contributed by atoms with Crippen LogP contribution in [0.5, 0.6) is 0 Å². The maximum Gasteiger partial charge on any atom is 0.240 e. The quantitative estimate of drug-likeness (QED) is 0.845. The summed E-state index contributed by atoms with van der Waals surface area (Å²) in [5.74, 6) is -0.369. The van der Waals surface area contributed by atoms with E-state index >= 15 is 0 Å². The topological polar surface area (TPSA) is 63.2 Å². The van der Waals surface area contributed by atoms with Gasteiger partial charge in [-0.3, -0.25) is 4.79 Å². The predicted octanol–water partition coefficient (Wildman–Crippen LogP) is 4.11. The molecule has 0 amide bonds. The van der Waals surface area contributed by atoms with Gasteiger partial charge in [-0.15, -0.1) is 0 Å². The third-order valence-electron chi connectivity index (χ3n) is 5.22. The van der Waals surface area contributed by atoms with Gasteiger partial charge < -0.3 is 0 Å². The van der Waals surface area contributed by atoms with E-state index in [-0.39, 0.29) is 10.7 Å². The number of carbonyl (C=O) groups excluding carboxylic acids is 1. The highest BCUT2D eigenvalue weighted by Gasteiger charge is 2.36. The fourth-order valence-electron chi connectivity index (χ4n) is 3.57. The summed E-state index contributed by atoms with van der Waals surface area (Å²) in [5.41, 5.74) is 3.73. The Kier molecular flexibility index (Phi) is 5.63. The minimum Gasteiger partial charge on any atom is -0.294 e. The molecule has 0 unspecified atom stereocenters. The van der Waals surface area contributed by atoms with Crippen molar-refractivity contribution >= 4 is 21.4 Å². The van der Waals surface area contributed by atoms with Gasteiger partial charge in [0.2, 0.25) is 10.0 Å². The molecule has 0 heterocycles. The summed E-state index contributed by atoms with van der Waals surface area (Å²) in [7, 11) is -3.69. The van der Waals surface area contributed by atoms with Crippen molar-refractivity contribution in [1.82, 2.24) is 4.72 Å². The predicted molar refractivity (Wildman–Crippen MR) is 108 cm³/mol. The lowest BCUT2D eigenvalue weighted by molar-refractivity contribution is -0.119. The van der Waals surface area contributed by atoms with E-state index < -0.39 is 22.0 Å². The summed E-state index contributed by atoms with van der Waals surface area (Å²) >= 11 is 0. The van der Waals surface area contributed by atoms with Gasteiger partial charge >= 0.3 is 0 Å². The molecule has 5 heteroatoms. The van der Waals surface area contributed by atoms with Gasteiger partial charge in [0.1, 0.15) is 0 Å². The Morgan fingerprint density at radius 2 is 1.67 bits per heavy atom. The van der Waals surface area contributed by atoms with Crippen molar-refractivity contribution in [2.75, 3.05) is 0 Å². The highest BCUT2D eigenvalue weighted by molar-refractivity contribution is 7.89. The van der Waals surface area contributed by atoms with Gasteiger partial charge in [0.15, 0.2) is 5.78 Å². The molecule has 27 heavy (non-hydrogen) atoms. The minimum absolute atomic E-state index is 0.0270. The van der Waals surface area contributed by atoms with E-state index in [0.717, 1.165) is 22.3 Å². The van der Waals surface area contributed by atoms with Crippen molar-refractivity contribution in [2.45, 2.75) is 44.6 Å². The lowest BCUT2D eigenvalue weighted by Crippen LogP contribution is -2.45. The summed E-state index contributed by atoms with van der Waals surface area (Å²) in [6.07, 6.45) is 1.15. The standard InChI is InChI=1S/C22H25NO3S/c1-4-19-20(17-8-6-5-7-9-17)14-21(16(3)22(19)24)23-27(25,26)18-12-10-15(2)11-13-18/h5-13,16,21,23H,4,14H2,1-3H3/t16-,21+/m1/s1. The zero-order valence-electron chi connectivity index (χ0n) is 15.9. The summed E-state index contributed by atoms with van der Waals surface area (Å²) in [6.45, 7) is 5.69. The van der Waals surface area contributed by atoms with E-state index in [0.29, 0.717) is 12.8 Å². The van der Waals surface area contributed by atoms with Gasteiger partial charge in [-0.2, -0.15) is 0 Å². The summed E-state index contributed by atoms with van der Waals surface area (Å²) in [5, 5.41) is 0. The van der Waals surface area contributed by atoms with E-state index in [9.17, 15) is 13.2 Å². The Labute approximate surface area is 161 Å². The number of aryl methyl sites for hydroxylation is 1. The highest BCUT2D eigenvalue weighted by atomic mass is 32.2. The van der Waals surface area contributed by atoms with E-state index in [1.165, 1.54) is 0 Å². The first-order valence-electron chi connectivity index (χ1n) is 9.24. The molecule has 0 radical (unpaired) electrons. The summed E-state index contributed by atoms with van der Waals surface area (Å²) < 4.78 is 28.4. The molecule has 2 atom stereocenters. The number of hydrogen-bond acceptors (Lipinski definition) is 3. The van der Waals surface area contributed by atoms with Crippen LogP contribution in [-0.4, -0.2) is 20.2 Å². The molecule has 0 fully saturated rings. The van der Waals surface area contributed by atoms with Crippen LogP contribution in [0, 0.1) is 12.8 Å². The lowest BCUT2D eigenvalue weighted by atomic mass is 9.77. The second kappa shape index (κ2) is 7.79. The summed E-state index contributed by atoms with van der Waals surface area (Å²) in [6, 6.07) is 16.0. The Morgan fingerprint density at radius 1 is 1.04 bits per heavy atom. The fraction of sp³-hybridized carbons (Fsp3) is 0.318. The molecule has 0 saturated heterocycles. The monoisotopic (exact) mass is 383 g/mol. The van der Waals surface area contributed by atoms with Crippen LogP contribution in [0.2, 0.25) is 0 Å². The van der Waals surface area contributed by atoms with Crippen LogP contribution in [0.25, 0.3) is 5.57 Å². The smallest absolute Gasteiger partial charge is 0.240 e. The SMILES string of the molecule is CCC1=C(c2ccccc2)C[C@H](NS(=O)(=O)c2ccc(C)cc2)[C@@H](C)C1=O. The van der Waals surface area contributed by atoms with Gasteiger partial charge in [0.05, 0.1) is 4.90 Å². The third kappa shape index (κ3) is 4.04. The first-order valence-corrected chi connectivity index (χ1v) is 10.7. The molecule has 4 nitrogen and oxygen atoms in total. The first kappa shape index (κ1) is 19.5. The maximum atomic E-state index is 12.9. The van der Waals surface area contributed by atoms with Crippen molar-refractivity contribution in [3.05, 3.63) is 71.3 Å². The first-order chi connectivity index (χ1) is 12.8. The maximum absolute atomic E-state index is 12.9. The normalized spacial score (nSPS) is 20.8. The van der Waals surface area contributed by atoms with Crippen LogP contribution >= 0.6 is 0 Å². The van der Waals surface area contributed by atoms with Crippen molar-refractivity contribution in [1.29, 1.82) is 0 Å². The second-order valence-corrected chi connectivity index (χ2v) is 8.79. The van der Waals surface area contributed by atoms with Gasteiger partial charge in [-0.1, -0.05) is 61.9 Å². The van der Waals surface area contributed by atoms with E-state index in [4.69, 9.17) is 0 Å². The van der Waals surface area contributed by atoms with Crippen LogP contribution in [0.1, 0.15) is 37.8 Å². The second-order valence-electron chi connectivity index (χ2n) is 7.07. The Morgan fingerprint density at radius 3 is 2.26 bits per heavy atom. The Bertz CT molecular complexity index is 960. The lowest BCUT2D eigenvalue weighted by Gasteiger charge is -2.32. The molecular formula is C22H25NO3S. The van der Waals surface area contributed by atoms with Crippen molar-refractivity contribution in [2.24, 2.45) is 5.92 Å². The fourth-order valence-corrected chi connectivity index (χ4v) is 4.89. The molecule has 1 N–H and O–H groups in total. The van der Waals surface area contributed by atoms with E-state index in [1.54, 1.807) is 24.3 Å². The van der Waals surface area contributed by atoms with Gasteiger partial charge in [-0.25, -0.2) is 13.1 Å². The van der Waals surface area contributed by atoms with Crippen LogP contribution < -0.4 is 4.72 Å². The van der Waals surface area contributed by atoms with Crippen molar-refractivity contribution < 1.29 is 13.2 Å². The van der Waals surface area contributed by atoms with Gasteiger partial charge in [-0.05, 0) is 48.6 Å². The van der Waals surface area contributed by atoms with Crippen molar-refractivity contribution in [3.63, 3.8) is 0 Å². The molecule has 0 saturated carbocycles. The molecule has 0 aliphatic heterocycles. The average Bonchev–Trinajstić information content (AvgIpc) is 2.66. The van der Waals surface area contributed by atoms with Gasteiger partial charge in [0.25, 0.3) is 0 Å². The number of ketones is 1. The highest BCUT2D eigenvalue weighted by Crippen LogP contribution is 2.35. The number of rotatable bonds is 5. The molecule has 0 bridgehead atoms. The van der Waals surface area contributed by atoms with Crippen LogP contribution in [0.3, 0.4) is 0 Å². The number of sulfonamides is 1. The minimum atomic E-state index is -3.69. The molecule has 1 aliphatic rings. The molecule has 2 aromatic carbocycles. The third-order valence-corrected chi connectivity index (χ3v) is 6.72. The molecular weight excluding hydrogens is 358 g/mol. The van der Waals surface area contributed by atoms with Crippen LogP contribution in [-0.2, 0) is 14.8 Å². The number of Topliss-reactive ketones (excluding diaryl/α,β-unsaturated/α-hetero) is 1. The molecule has 2 aromatic rings. The number of carbonyl (C=O) groups is 1. The molecule has 0 spiro atoms.